The zero-order valence-electron chi connectivity index (χ0n) is 15.4. The molecule has 4 fully saturated rings. The number of non-ortho nitro benzene ring substituents is 1. The van der Waals surface area contributed by atoms with E-state index in [0.29, 0.717) is 0 Å². The Labute approximate surface area is 157 Å². The molecule has 8 heteroatoms. The van der Waals surface area contributed by atoms with E-state index in [1.54, 1.807) is 0 Å². The molecule has 5 rings (SSSR count). The third kappa shape index (κ3) is 3.17. The zero-order valence-corrected chi connectivity index (χ0v) is 15.4. The SMILES string of the molecule is CC/C(=N/Nc1ccc([N+](=O)[O-])cc1[N+](=O)[O-])C12CC3CC(CC(C3)C1)C2. The van der Waals surface area contributed by atoms with Gasteiger partial charge in [0.2, 0.25) is 0 Å². The van der Waals surface area contributed by atoms with Crippen LogP contribution in [0.1, 0.15) is 51.9 Å². The molecule has 4 saturated carbocycles. The summed E-state index contributed by atoms with van der Waals surface area (Å²) in [6.07, 6.45) is 8.37. The van der Waals surface area contributed by atoms with Crippen molar-refractivity contribution in [2.45, 2.75) is 51.9 Å². The number of rotatable bonds is 6. The first kappa shape index (κ1) is 17.9. The molecule has 144 valence electrons. The average Bonchev–Trinajstić information content (AvgIpc) is 2.60. The predicted molar refractivity (Wildman–Crippen MR) is 102 cm³/mol. The van der Waals surface area contributed by atoms with Gasteiger partial charge in [0.25, 0.3) is 5.69 Å². The Kier molecular flexibility index (Phi) is 4.36. The molecule has 8 nitrogen and oxygen atoms in total. The van der Waals surface area contributed by atoms with Gasteiger partial charge in [-0.2, -0.15) is 5.10 Å². The van der Waals surface area contributed by atoms with E-state index in [1.807, 2.05) is 0 Å². The van der Waals surface area contributed by atoms with E-state index in [0.717, 1.165) is 36.0 Å². The normalized spacial score (nSPS) is 31.7. The molecule has 0 spiro atoms. The molecule has 1 N–H and O–H groups in total. The summed E-state index contributed by atoms with van der Waals surface area (Å²) >= 11 is 0. The lowest BCUT2D eigenvalue weighted by Crippen LogP contribution is -2.50. The van der Waals surface area contributed by atoms with Crippen LogP contribution in [0.3, 0.4) is 0 Å². The largest absolute Gasteiger partial charge is 0.301 e. The van der Waals surface area contributed by atoms with Gasteiger partial charge in [-0.05, 0) is 68.8 Å². The standard InChI is InChI=1S/C19H24N4O4/c1-2-18(19-9-12-5-13(10-19)7-14(6-12)11-19)21-20-16-4-3-15(22(24)25)8-17(16)23(26)27/h3-4,8,12-14,20H,2,5-7,9-11H2,1H3/b21-18-. The molecule has 0 aliphatic heterocycles. The lowest BCUT2D eigenvalue weighted by molar-refractivity contribution is -0.393. The predicted octanol–water partition coefficient (Wildman–Crippen LogP) is 4.90. The van der Waals surface area contributed by atoms with E-state index in [1.165, 1.54) is 50.7 Å². The maximum absolute atomic E-state index is 11.3. The maximum atomic E-state index is 11.3. The van der Waals surface area contributed by atoms with E-state index >= 15 is 0 Å². The average molecular weight is 372 g/mol. The van der Waals surface area contributed by atoms with E-state index < -0.39 is 9.85 Å². The highest BCUT2D eigenvalue weighted by molar-refractivity contribution is 5.91. The van der Waals surface area contributed by atoms with Gasteiger partial charge in [-0.15, -0.1) is 0 Å². The Balaban J connectivity index is 1.61. The Hall–Kier alpha value is -2.51. The summed E-state index contributed by atoms with van der Waals surface area (Å²) in [4.78, 5) is 21.0. The quantitative estimate of drug-likeness (QED) is 0.434. The second-order valence-electron chi connectivity index (χ2n) is 8.44. The number of anilines is 1. The van der Waals surface area contributed by atoms with Gasteiger partial charge in [0.1, 0.15) is 5.69 Å². The Morgan fingerprint density at radius 1 is 1.11 bits per heavy atom. The molecule has 0 unspecified atom stereocenters. The summed E-state index contributed by atoms with van der Waals surface area (Å²) in [5.41, 5.74) is 3.66. The van der Waals surface area contributed by atoms with Gasteiger partial charge in [0, 0.05) is 17.2 Å². The molecular formula is C19H24N4O4. The molecular weight excluding hydrogens is 348 g/mol. The Morgan fingerprint density at radius 2 is 1.70 bits per heavy atom. The monoisotopic (exact) mass is 372 g/mol. The molecule has 0 atom stereocenters. The number of benzene rings is 1. The first-order chi connectivity index (χ1) is 12.9. The summed E-state index contributed by atoms with van der Waals surface area (Å²) < 4.78 is 0. The molecule has 4 aliphatic rings. The van der Waals surface area contributed by atoms with Crippen molar-refractivity contribution in [1.29, 1.82) is 0 Å². The zero-order chi connectivity index (χ0) is 19.2. The Bertz CT molecular complexity index is 785. The van der Waals surface area contributed by atoms with Crippen molar-refractivity contribution in [2.75, 3.05) is 5.43 Å². The van der Waals surface area contributed by atoms with Crippen LogP contribution >= 0.6 is 0 Å². The van der Waals surface area contributed by atoms with Crippen LogP contribution < -0.4 is 5.43 Å². The molecule has 27 heavy (non-hydrogen) atoms. The molecule has 0 radical (unpaired) electrons. The molecule has 0 aromatic heterocycles. The van der Waals surface area contributed by atoms with Gasteiger partial charge in [0.15, 0.2) is 0 Å². The van der Waals surface area contributed by atoms with Crippen LogP contribution in [0.2, 0.25) is 0 Å². The molecule has 0 heterocycles. The van der Waals surface area contributed by atoms with Crippen LogP contribution in [0.15, 0.2) is 23.3 Å². The van der Waals surface area contributed by atoms with E-state index in [9.17, 15) is 20.2 Å². The van der Waals surface area contributed by atoms with Crippen LogP contribution in [0.5, 0.6) is 0 Å². The highest BCUT2D eigenvalue weighted by atomic mass is 16.6. The van der Waals surface area contributed by atoms with E-state index in [2.05, 4.69) is 17.5 Å². The van der Waals surface area contributed by atoms with Gasteiger partial charge in [-0.1, -0.05) is 6.92 Å². The van der Waals surface area contributed by atoms with E-state index in [4.69, 9.17) is 0 Å². The van der Waals surface area contributed by atoms with Gasteiger partial charge >= 0.3 is 5.69 Å². The van der Waals surface area contributed by atoms with Gasteiger partial charge in [0.05, 0.1) is 15.9 Å². The van der Waals surface area contributed by atoms with Crippen molar-refractivity contribution in [3.8, 4) is 0 Å². The minimum Gasteiger partial charge on any atom is -0.272 e. The van der Waals surface area contributed by atoms with Crippen LogP contribution in [0, 0.1) is 43.4 Å². The summed E-state index contributed by atoms with van der Waals surface area (Å²) in [6, 6.07) is 3.61. The highest BCUT2D eigenvalue weighted by Gasteiger charge is 2.52. The third-order valence-corrected chi connectivity index (χ3v) is 6.69. The smallest absolute Gasteiger partial charge is 0.272 e. The number of hydrogen-bond acceptors (Lipinski definition) is 6. The summed E-state index contributed by atoms with van der Waals surface area (Å²) in [5.74, 6) is 2.38. The lowest BCUT2D eigenvalue weighted by atomic mass is 9.48. The second kappa shape index (κ2) is 6.58. The fourth-order valence-electron chi connectivity index (χ4n) is 6.04. The molecule has 0 amide bonds. The molecule has 4 aliphatic carbocycles. The fourth-order valence-corrected chi connectivity index (χ4v) is 6.04. The topological polar surface area (TPSA) is 111 Å². The highest BCUT2D eigenvalue weighted by Crippen LogP contribution is 2.60. The molecule has 1 aromatic rings. The number of nitrogens with one attached hydrogen (secondary N) is 1. The van der Waals surface area contributed by atoms with Gasteiger partial charge < -0.3 is 0 Å². The summed E-state index contributed by atoms with van der Waals surface area (Å²) in [7, 11) is 0. The Morgan fingerprint density at radius 3 is 2.19 bits per heavy atom. The minimum absolute atomic E-state index is 0.131. The van der Waals surface area contributed by atoms with Crippen LogP contribution in [-0.2, 0) is 0 Å². The first-order valence-corrected chi connectivity index (χ1v) is 9.66. The van der Waals surface area contributed by atoms with E-state index in [-0.39, 0.29) is 22.5 Å². The van der Waals surface area contributed by atoms with Gasteiger partial charge in [-0.3, -0.25) is 25.7 Å². The number of hydrogen-bond donors (Lipinski definition) is 1. The molecule has 0 saturated heterocycles. The summed E-state index contributed by atoms with van der Waals surface area (Å²) in [6.45, 7) is 2.09. The fraction of sp³-hybridized carbons (Fsp3) is 0.632. The maximum Gasteiger partial charge on any atom is 0.301 e. The number of nitrogens with zero attached hydrogens (tertiary/aromatic N) is 3. The van der Waals surface area contributed by atoms with Crippen molar-refractivity contribution in [3.05, 3.63) is 38.4 Å². The van der Waals surface area contributed by atoms with Crippen LogP contribution in [-0.4, -0.2) is 15.6 Å². The van der Waals surface area contributed by atoms with Crippen LogP contribution in [0.4, 0.5) is 17.1 Å². The molecule has 4 bridgehead atoms. The first-order valence-electron chi connectivity index (χ1n) is 9.66. The number of hydrazone groups is 1. The minimum atomic E-state index is -0.632. The third-order valence-electron chi connectivity index (χ3n) is 6.69. The van der Waals surface area contributed by atoms with Crippen molar-refractivity contribution in [1.82, 2.24) is 0 Å². The van der Waals surface area contributed by atoms with Crippen molar-refractivity contribution < 1.29 is 9.85 Å². The van der Waals surface area contributed by atoms with Gasteiger partial charge in [-0.25, -0.2) is 0 Å². The molecule has 1 aromatic carbocycles. The van der Waals surface area contributed by atoms with Crippen molar-refractivity contribution in [3.63, 3.8) is 0 Å². The second-order valence-corrected chi connectivity index (χ2v) is 8.44. The number of nitro groups is 2. The van der Waals surface area contributed by atoms with Crippen LogP contribution in [0.25, 0.3) is 0 Å². The summed E-state index contributed by atoms with van der Waals surface area (Å²) in [5, 5.41) is 26.8. The van der Waals surface area contributed by atoms with Crippen molar-refractivity contribution >= 4 is 22.8 Å². The number of nitro benzene ring substituents is 2. The lowest BCUT2D eigenvalue weighted by Gasteiger charge is -2.57. The van der Waals surface area contributed by atoms with Crippen molar-refractivity contribution in [2.24, 2.45) is 28.3 Å².